The monoisotopic (exact) mass is 729 g/mol. The summed E-state index contributed by atoms with van der Waals surface area (Å²) >= 11 is 0. The molecule has 0 atom stereocenters. The standard InChI is InChI=1S/C50H31N7/c1-2-15-32(16-3-1)48-52-49(38-21-8-13-26-44(38)56-43-25-12-7-20-37(43)47-46(56)27-14-30-51-47)54-50(53-48)57-42-24-11-6-19-36(42)39-31-33(28-29-45(39)57)55-40-22-9-4-17-34(40)35-18-5-10-23-41(35)55/h1-31H. The molecule has 0 saturated heterocycles. The molecule has 0 aliphatic heterocycles. The van der Waals surface area contributed by atoms with Crippen LogP contribution in [0.4, 0.5) is 0 Å². The van der Waals surface area contributed by atoms with Gasteiger partial charge in [-0.2, -0.15) is 9.97 Å². The van der Waals surface area contributed by atoms with Crippen LogP contribution in [0.5, 0.6) is 0 Å². The zero-order chi connectivity index (χ0) is 37.5. The fraction of sp³-hybridized carbons (Fsp3) is 0. The van der Waals surface area contributed by atoms with E-state index in [1.165, 1.54) is 21.8 Å². The van der Waals surface area contributed by atoms with Crippen LogP contribution in [0.1, 0.15) is 0 Å². The Morgan fingerprint density at radius 1 is 0.351 bits per heavy atom. The second kappa shape index (κ2) is 12.3. The summed E-state index contributed by atoms with van der Waals surface area (Å²) < 4.78 is 6.83. The molecule has 0 bridgehead atoms. The number of rotatable bonds is 5. The van der Waals surface area contributed by atoms with Crippen LogP contribution in [0.25, 0.3) is 106 Å². The molecule has 57 heavy (non-hydrogen) atoms. The highest BCUT2D eigenvalue weighted by Gasteiger charge is 2.22. The summed E-state index contributed by atoms with van der Waals surface area (Å²) in [5.41, 5.74) is 11.3. The lowest BCUT2D eigenvalue weighted by Gasteiger charge is -2.15. The highest BCUT2D eigenvalue weighted by molar-refractivity contribution is 6.12. The Kier molecular flexibility index (Phi) is 6.79. The molecule has 0 unspecified atom stereocenters. The second-order valence-electron chi connectivity index (χ2n) is 14.3. The van der Waals surface area contributed by atoms with Crippen molar-refractivity contribution in [2.45, 2.75) is 0 Å². The fourth-order valence-electron chi connectivity index (χ4n) is 8.72. The van der Waals surface area contributed by atoms with E-state index < -0.39 is 0 Å². The summed E-state index contributed by atoms with van der Waals surface area (Å²) in [5, 5.41) is 5.80. The zero-order valence-corrected chi connectivity index (χ0v) is 30.5. The molecule has 0 saturated carbocycles. The minimum absolute atomic E-state index is 0.549. The van der Waals surface area contributed by atoms with Gasteiger partial charge in [-0.25, -0.2) is 4.98 Å². The Balaban J connectivity index is 1.12. The van der Waals surface area contributed by atoms with Crippen LogP contribution >= 0.6 is 0 Å². The Morgan fingerprint density at radius 2 is 0.895 bits per heavy atom. The van der Waals surface area contributed by atoms with Crippen LogP contribution < -0.4 is 0 Å². The molecule has 266 valence electrons. The first kappa shape index (κ1) is 31.5. The largest absolute Gasteiger partial charge is 0.309 e. The summed E-state index contributed by atoms with van der Waals surface area (Å²) in [6, 6.07) is 63.6. The van der Waals surface area contributed by atoms with Gasteiger partial charge in [0.05, 0.1) is 44.3 Å². The predicted molar refractivity (Wildman–Crippen MR) is 232 cm³/mol. The predicted octanol–water partition coefficient (Wildman–Crippen LogP) is 11.9. The Bertz CT molecular complexity index is 3430. The maximum atomic E-state index is 5.36. The molecule has 5 aromatic heterocycles. The van der Waals surface area contributed by atoms with Crippen molar-refractivity contribution in [3.05, 3.63) is 188 Å². The molecular formula is C50H31N7. The number of aromatic nitrogens is 7. The van der Waals surface area contributed by atoms with Gasteiger partial charge in [0.2, 0.25) is 5.95 Å². The fourth-order valence-corrected chi connectivity index (χ4v) is 8.72. The lowest BCUT2D eigenvalue weighted by atomic mass is 10.1. The van der Waals surface area contributed by atoms with E-state index in [2.05, 4.69) is 165 Å². The quantitative estimate of drug-likeness (QED) is 0.177. The highest BCUT2D eigenvalue weighted by Crippen LogP contribution is 2.38. The van der Waals surface area contributed by atoms with Crippen LogP contribution in [0.3, 0.4) is 0 Å². The van der Waals surface area contributed by atoms with Crippen molar-refractivity contribution in [2.24, 2.45) is 0 Å². The van der Waals surface area contributed by atoms with Gasteiger partial charge in [-0.1, -0.05) is 115 Å². The topological polar surface area (TPSA) is 66.3 Å². The number of benzene rings is 7. The van der Waals surface area contributed by atoms with Gasteiger partial charge in [0.25, 0.3) is 0 Å². The van der Waals surface area contributed by atoms with Crippen molar-refractivity contribution in [2.75, 3.05) is 0 Å². The molecule has 0 N–H and O–H groups in total. The first-order valence-electron chi connectivity index (χ1n) is 19.1. The number of hydrogen-bond donors (Lipinski definition) is 0. The van der Waals surface area contributed by atoms with Gasteiger partial charge in [-0.05, 0) is 66.7 Å². The van der Waals surface area contributed by atoms with E-state index in [-0.39, 0.29) is 0 Å². The van der Waals surface area contributed by atoms with Crippen LogP contribution in [-0.2, 0) is 0 Å². The number of nitrogens with zero attached hydrogens (tertiary/aromatic N) is 7. The molecule has 7 aromatic carbocycles. The molecule has 7 heteroatoms. The van der Waals surface area contributed by atoms with Crippen LogP contribution in [-0.4, -0.2) is 33.6 Å². The molecule has 0 spiro atoms. The summed E-state index contributed by atoms with van der Waals surface area (Å²) in [7, 11) is 0. The molecule has 0 radical (unpaired) electrons. The average molecular weight is 730 g/mol. The van der Waals surface area contributed by atoms with Gasteiger partial charge in [0.15, 0.2) is 11.6 Å². The van der Waals surface area contributed by atoms with Gasteiger partial charge in [-0.3, -0.25) is 9.55 Å². The minimum Gasteiger partial charge on any atom is -0.309 e. The zero-order valence-electron chi connectivity index (χ0n) is 30.5. The van der Waals surface area contributed by atoms with E-state index in [0.717, 1.165) is 66.2 Å². The van der Waals surface area contributed by atoms with E-state index in [0.29, 0.717) is 17.6 Å². The Hall–Kier alpha value is -7.90. The molecule has 0 aliphatic rings. The normalized spacial score (nSPS) is 11.9. The number of fused-ring (bicyclic) bond motifs is 9. The van der Waals surface area contributed by atoms with Crippen molar-refractivity contribution in [1.82, 2.24) is 33.6 Å². The van der Waals surface area contributed by atoms with Crippen molar-refractivity contribution in [3.63, 3.8) is 0 Å². The van der Waals surface area contributed by atoms with Crippen LogP contribution in [0.2, 0.25) is 0 Å². The molecule has 0 aliphatic carbocycles. The maximum absolute atomic E-state index is 5.36. The number of para-hydroxylation sites is 5. The lowest BCUT2D eigenvalue weighted by molar-refractivity contribution is 0.951. The molecule has 0 fully saturated rings. The van der Waals surface area contributed by atoms with Gasteiger partial charge in [0.1, 0.15) is 0 Å². The first-order chi connectivity index (χ1) is 28.3. The van der Waals surface area contributed by atoms with Gasteiger partial charge < -0.3 is 9.13 Å². The maximum Gasteiger partial charge on any atom is 0.238 e. The van der Waals surface area contributed by atoms with Crippen molar-refractivity contribution >= 4 is 65.5 Å². The van der Waals surface area contributed by atoms with Crippen molar-refractivity contribution in [3.8, 4) is 40.1 Å². The minimum atomic E-state index is 0.549. The van der Waals surface area contributed by atoms with Crippen molar-refractivity contribution in [1.29, 1.82) is 0 Å². The second-order valence-corrected chi connectivity index (χ2v) is 14.3. The van der Waals surface area contributed by atoms with E-state index >= 15 is 0 Å². The Morgan fingerprint density at radius 3 is 1.63 bits per heavy atom. The summed E-state index contributed by atoms with van der Waals surface area (Å²) in [6.07, 6.45) is 1.85. The van der Waals surface area contributed by atoms with Crippen LogP contribution in [0, 0.1) is 0 Å². The molecule has 0 amide bonds. The van der Waals surface area contributed by atoms with Gasteiger partial charge in [-0.15, -0.1) is 0 Å². The Labute approximate surface area is 326 Å². The van der Waals surface area contributed by atoms with E-state index in [1.54, 1.807) is 0 Å². The van der Waals surface area contributed by atoms with E-state index in [4.69, 9.17) is 19.9 Å². The average Bonchev–Trinajstić information content (AvgIpc) is 3.92. The highest BCUT2D eigenvalue weighted by atomic mass is 15.2. The molecular weight excluding hydrogens is 699 g/mol. The van der Waals surface area contributed by atoms with Crippen LogP contribution in [0.15, 0.2) is 188 Å². The van der Waals surface area contributed by atoms with Crippen molar-refractivity contribution < 1.29 is 0 Å². The molecule has 5 heterocycles. The number of hydrogen-bond acceptors (Lipinski definition) is 4. The molecule has 12 aromatic rings. The third-order valence-corrected chi connectivity index (χ3v) is 11.2. The smallest absolute Gasteiger partial charge is 0.238 e. The van der Waals surface area contributed by atoms with E-state index in [9.17, 15) is 0 Å². The summed E-state index contributed by atoms with van der Waals surface area (Å²) in [6.45, 7) is 0. The molecule has 7 nitrogen and oxygen atoms in total. The first-order valence-corrected chi connectivity index (χ1v) is 19.1. The third-order valence-electron chi connectivity index (χ3n) is 11.2. The van der Waals surface area contributed by atoms with Gasteiger partial charge >= 0.3 is 0 Å². The summed E-state index contributed by atoms with van der Waals surface area (Å²) in [5.74, 6) is 1.73. The lowest BCUT2D eigenvalue weighted by Crippen LogP contribution is -2.07. The summed E-state index contributed by atoms with van der Waals surface area (Å²) in [4.78, 5) is 20.6. The third kappa shape index (κ3) is 4.72. The SMILES string of the molecule is c1ccc(-c2nc(-c3ccccc3-n3c4ccccc4c4ncccc43)nc(-n3c4ccccc4c4cc(-n5c6ccccc6c6ccccc65)ccc43)n2)cc1. The van der Waals surface area contributed by atoms with Gasteiger partial charge in [0, 0.05) is 49.9 Å². The molecule has 12 rings (SSSR count). The van der Waals surface area contributed by atoms with E-state index in [1.807, 2.05) is 36.5 Å². The number of pyridine rings is 1.